The molecule has 3 rings (SSSR count). The summed E-state index contributed by atoms with van der Waals surface area (Å²) in [4.78, 5) is 13.9. The molecule has 23 heavy (non-hydrogen) atoms. The smallest absolute Gasteiger partial charge is 0.261 e. The third-order valence-electron chi connectivity index (χ3n) is 4.02. The van der Waals surface area contributed by atoms with Gasteiger partial charge >= 0.3 is 0 Å². The average molecular weight is 355 g/mol. The normalized spacial score (nSPS) is 14.9. The Balaban J connectivity index is 0.00000192. The van der Waals surface area contributed by atoms with Crippen molar-refractivity contribution >= 4 is 29.7 Å². The first-order valence-electron chi connectivity index (χ1n) is 7.45. The van der Waals surface area contributed by atoms with Crippen LogP contribution >= 0.6 is 23.7 Å². The predicted octanol–water partition coefficient (Wildman–Crippen LogP) is 3.75. The van der Waals surface area contributed by atoms with Gasteiger partial charge in [-0.3, -0.25) is 4.79 Å². The molecule has 3 nitrogen and oxygen atoms in total. The van der Waals surface area contributed by atoms with Gasteiger partial charge in [0.25, 0.3) is 5.91 Å². The number of carbonyl (C=O) groups is 1. The molecule has 1 saturated carbocycles. The van der Waals surface area contributed by atoms with E-state index in [9.17, 15) is 9.18 Å². The zero-order valence-electron chi connectivity index (χ0n) is 12.8. The summed E-state index contributed by atoms with van der Waals surface area (Å²) in [6, 6.07) is 8.25. The standard InChI is InChI=1S/C17H19FN2OS.ClH/c1-10-14(11-4-6-13(18)7-5-11)8-16(22-10)17(21)20-9-15(19)12-2-3-12;/h4-8,12,15H,2-3,9,19H2,1H3,(H,20,21);1H. The second kappa shape index (κ2) is 7.43. The molecule has 2 aromatic rings. The van der Waals surface area contributed by atoms with Crippen molar-refractivity contribution in [3.63, 3.8) is 0 Å². The van der Waals surface area contributed by atoms with Crippen molar-refractivity contribution in [2.45, 2.75) is 25.8 Å². The SMILES string of the molecule is Cc1sc(C(=O)NCC(N)C2CC2)cc1-c1ccc(F)cc1.Cl. The van der Waals surface area contributed by atoms with E-state index < -0.39 is 0 Å². The van der Waals surface area contributed by atoms with Gasteiger partial charge in [0.2, 0.25) is 0 Å². The Bertz CT molecular complexity index is 682. The third-order valence-corrected chi connectivity index (χ3v) is 5.07. The molecule has 124 valence electrons. The van der Waals surface area contributed by atoms with Crippen LogP contribution in [0.2, 0.25) is 0 Å². The van der Waals surface area contributed by atoms with Crippen LogP contribution in [0.5, 0.6) is 0 Å². The molecule has 1 aromatic carbocycles. The summed E-state index contributed by atoms with van der Waals surface area (Å²) < 4.78 is 13.0. The van der Waals surface area contributed by atoms with E-state index in [0.29, 0.717) is 17.3 Å². The number of amides is 1. The summed E-state index contributed by atoms with van der Waals surface area (Å²) in [5.74, 6) is 0.223. The lowest BCUT2D eigenvalue weighted by Crippen LogP contribution is -2.38. The molecule has 0 saturated heterocycles. The Morgan fingerprint density at radius 3 is 2.65 bits per heavy atom. The van der Waals surface area contributed by atoms with Crippen LogP contribution in [0.15, 0.2) is 30.3 Å². The summed E-state index contributed by atoms with van der Waals surface area (Å²) in [5.41, 5.74) is 7.89. The fraction of sp³-hybridized carbons (Fsp3) is 0.353. The maximum Gasteiger partial charge on any atom is 0.261 e. The molecule has 1 aromatic heterocycles. The second-order valence-electron chi connectivity index (χ2n) is 5.80. The van der Waals surface area contributed by atoms with Crippen LogP contribution in [0.1, 0.15) is 27.4 Å². The van der Waals surface area contributed by atoms with E-state index in [1.165, 1.54) is 36.3 Å². The fourth-order valence-corrected chi connectivity index (χ4v) is 3.46. The molecule has 1 atom stereocenters. The molecule has 1 amide bonds. The van der Waals surface area contributed by atoms with Gasteiger partial charge in [0.1, 0.15) is 5.82 Å². The van der Waals surface area contributed by atoms with E-state index in [0.717, 1.165) is 16.0 Å². The topological polar surface area (TPSA) is 55.1 Å². The van der Waals surface area contributed by atoms with Crippen LogP contribution in [-0.2, 0) is 0 Å². The van der Waals surface area contributed by atoms with Crippen LogP contribution in [0.25, 0.3) is 11.1 Å². The minimum absolute atomic E-state index is 0. The fourth-order valence-electron chi connectivity index (χ4n) is 2.50. The van der Waals surface area contributed by atoms with E-state index in [2.05, 4.69) is 5.32 Å². The zero-order chi connectivity index (χ0) is 15.7. The van der Waals surface area contributed by atoms with Crippen LogP contribution < -0.4 is 11.1 Å². The van der Waals surface area contributed by atoms with E-state index in [1.807, 2.05) is 13.0 Å². The minimum Gasteiger partial charge on any atom is -0.350 e. The molecule has 0 bridgehead atoms. The van der Waals surface area contributed by atoms with Crippen molar-refractivity contribution in [1.29, 1.82) is 0 Å². The van der Waals surface area contributed by atoms with Crippen LogP contribution in [0, 0.1) is 18.7 Å². The van der Waals surface area contributed by atoms with Crippen LogP contribution in [0.4, 0.5) is 4.39 Å². The first-order valence-corrected chi connectivity index (χ1v) is 8.26. The highest BCUT2D eigenvalue weighted by atomic mass is 35.5. The van der Waals surface area contributed by atoms with Gasteiger partial charge in [0, 0.05) is 17.5 Å². The van der Waals surface area contributed by atoms with Crippen molar-refractivity contribution in [1.82, 2.24) is 5.32 Å². The van der Waals surface area contributed by atoms with Crippen molar-refractivity contribution < 1.29 is 9.18 Å². The van der Waals surface area contributed by atoms with Gasteiger partial charge in [0.15, 0.2) is 0 Å². The summed E-state index contributed by atoms with van der Waals surface area (Å²) in [5, 5.41) is 2.91. The van der Waals surface area contributed by atoms with Gasteiger partial charge in [0.05, 0.1) is 4.88 Å². The van der Waals surface area contributed by atoms with Crippen molar-refractivity contribution in [2.24, 2.45) is 11.7 Å². The molecule has 1 fully saturated rings. The van der Waals surface area contributed by atoms with Gasteiger partial charge in [-0.1, -0.05) is 12.1 Å². The number of halogens is 2. The second-order valence-corrected chi connectivity index (χ2v) is 7.06. The number of nitrogens with two attached hydrogens (primary N) is 1. The monoisotopic (exact) mass is 354 g/mol. The van der Waals surface area contributed by atoms with Gasteiger partial charge in [-0.05, 0) is 55.0 Å². The number of hydrogen-bond donors (Lipinski definition) is 2. The van der Waals surface area contributed by atoms with Crippen molar-refractivity contribution in [2.75, 3.05) is 6.54 Å². The Labute approximate surface area is 145 Å². The lowest BCUT2D eigenvalue weighted by Gasteiger charge is -2.10. The number of benzene rings is 1. The maximum absolute atomic E-state index is 13.0. The Morgan fingerprint density at radius 2 is 2.04 bits per heavy atom. The number of nitrogens with one attached hydrogen (secondary N) is 1. The Kier molecular flexibility index (Phi) is 5.79. The molecule has 0 aliphatic heterocycles. The maximum atomic E-state index is 13.0. The molecule has 1 unspecified atom stereocenters. The molecule has 0 radical (unpaired) electrons. The number of hydrogen-bond acceptors (Lipinski definition) is 3. The first-order chi connectivity index (χ1) is 10.5. The largest absolute Gasteiger partial charge is 0.350 e. The number of aryl methyl sites for hydroxylation is 1. The molecule has 0 spiro atoms. The van der Waals surface area contributed by atoms with E-state index >= 15 is 0 Å². The lowest BCUT2D eigenvalue weighted by molar-refractivity contribution is 0.0954. The van der Waals surface area contributed by atoms with Gasteiger partial charge in [-0.15, -0.1) is 23.7 Å². The third kappa shape index (κ3) is 4.31. The molecule has 3 N–H and O–H groups in total. The average Bonchev–Trinajstić information content (AvgIpc) is 3.28. The molecule has 1 heterocycles. The zero-order valence-corrected chi connectivity index (χ0v) is 14.5. The highest BCUT2D eigenvalue weighted by Gasteiger charge is 2.28. The lowest BCUT2D eigenvalue weighted by atomic mass is 10.1. The number of rotatable bonds is 5. The first kappa shape index (κ1) is 17.9. The van der Waals surface area contributed by atoms with Gasteiger partial charge in [-0.2, -0.15) is 0 Å². The highest BCUT2D eigenvalue weighted by Crippen LogP contribution is 2.32. The van der Waals surface area contributed by atoms with E-state index in [4.69, 9.17) is 5.73 Å². The van der Waals surface area contributed by atoms with Gasteiger partial charge in [-0.25, -0.2) is 4.39 Å². The van der Waals surface area contributed by atoms with Crippen molar-refractivity contribution in [3.05, 3.63) is 45.9 Å². The van der Waals surface area contributed by atoms with Crippen LogP contribution in [0.3, 0.4) is 0 Å². The number of thiophene rings is 1. The molecular weight excluding hydrogens is 335 g/mol. The molecule has 6 heteroatoms. The molecule has 1 aliphatic carbocycles. The summed E-state index contributed by atoms with van der Waals surface area (Å²) in [7, 11) is 0. The van der Waals surface area contributed by atoms with Crippen molar-refractivity contribution in [3.8, 4) is 11.1 Å². The molecular formula is C17H20ClFN2OS. The van der Waals surface area contributed by atoms with Crippen LogP contribution in [-0.4, -0.2) is 18.5 Å². The Morgan fingerprint density at radius 1 is 1.39 bits per heavy atom. The quantitative estimate of drug-likeness (QED) is 0.859. The molecule has 1 aliphatic rings. The van der Waals surface area contributed by atoms with E-state index in [-0.39, 0.29) is 30.2 Å². The Hall–Kier alpha value is -1.43. The predicted molar refractivity (Wildman–Crippen MR) is 94.7 cm³/mol. The highest BCUT2D eigenvalue weighted by molar-refractivity contribution is 7.14. The van der Waals surface area contributed by atoms with Gasteiger partial charge < -0.3 is 11.1 Å². The summed E-state index contributed by atoms with van der Waals surface area (Å²) in [6.45, 7) is 2.49. The summed E-state index contributed by atoms with van der Waals surface area (Å²) >= 11 is 1.45. The summed E-state index contributed by atoms with van der Waals surface area (Å²) in [6.07, 6.45) is 2.34. The number of carbonyl (C=O) groups excluding carboxylic acids is 1. The van der Waals surface area contributed by atoms with E-state index in [1.54, 1.807) is 12.1 Å². The minimum atomic E-state index is -0.260.